The first-order valence-corrected chi connectivity index (χ1v) is 7.66. The Morgan fingerprint density at radius 1 is 1.07 bits per heavy atom. The standard InChI is InChI=1S/2C5H5.C2H5.ClH.Ti/c2*1-2-4-5-3-1;1-2;;/h2*1-3H,4H2;1H2,2H3;1H;. The van der Waals surface area contributed by atoms with Gasteiger partial charge in [-0.25, -0.2) is 0 Å². The van der Waals surface area contributed by atoms with Gasteiger partial charge in [-0.2, -0.15) is 0 Å². The van der Waals surface area contributed by atoms with Crippen molar-refractivity contribution in [3.63, 3.8) is 0 Å². The maximum absolute atomic E-state index is 2.36. The molecule has 14 heavy (non-hydrogen) atoms. The van der Waals surface area contributed by atoms with Crippen molar-refractivity contribution in [2.45, 2.75) is 24.5 Å². The van der Waals surface area contributed by atoms with Crippen molar-refractivity contribution in [3.8, 4) is 0 Å². The van der Waals surface area contributed by atoms with Crippen LogP contribution in [0.5, 0.6) is 0 Å². The Hall–Kier alpha value is -0.0357. The van der Waals surface area contributed by atoms with E-state index in [-0.39, 0.29) is 12.4 Å². The first-order chi connectivity index (χ1) is 6.42. The zero-order valence-electron chi connectivity index (χ0n) is 8.49. The number of hydrogen-bond acceptors (Lipinski definition) is 0. The third-order valence-corrected chi connectivity index (χ3v) is 7.35. The van der Waals surface area contributed by atoms with Crippen LogP contribution in [0.4, 0.5) is 0 Å². The summed E-state index contributed by atoms with van der Waals surface area (Å²) in [5.41, 5.74) is 0. The van der Waals surface area contributed by atoms with Gasteiger partial charge in [0.05, 0.1) is 0 Å². The number of hydrogen-bond donors (Lipinski definition) is 0. The fourth-order valence-electron chi connectivity index (χ4n) is 2.00. The molecule has 0 N–H and O–H groups in total. The first-order valence-electron chi connectivity index (χ1n) is 4.99. The molecule has 2 heteroatoms. The Labute approximate surface area is 98.7 Å². The quantitative estimate of drug-likeness (QED) is 0.653. The summed E-state index contributed by atoms with van der Waals surface area (Å²) >= 11 is -1.00. The van der Waals surface area contributed by atoms with E-state index in [2.05, 4.69) is 43.4 Å². The van der Waals surface area contributed by atoms with Gasteiger partial charge in [0.2, 0.25) is 0 Å². The summed E-state index contributed by atoms with van der Waals surface area (Å²) in [6.45, 7) is 2.35. The molecule has 0 heterocycles. The second-order valence-corrected chi connectivity index (χ2v) is 8.08. The summed E-state index contributed by atoms with van der Waals surface area (Å²) in [4.78, 5) is 0. The van der Waals surface area contributed by atoms with E-state index in [4.69, 9.17) is 0 Å². The van der Waals surface area contributed by atoms with Crippen molar-refractivity contribution in [1.29, 1.82) is 0 Å². The molecule has 0 aromatic heterocycles. The SMILES string of the molecule is C[CH2][Ti]([C]1=CC=CC1)[C]1=CC=CC1.Cl. The molecule has 0 aromatic rings. The van der Waals surface area contributed by atoms with E-state index in [1.165, 1.54) is 17.6 Å². The van der Waals surface area contributed by atoms with Gasteiger partial charge in [-0.1, -0.05) is 0 Å². The molecular weight excluding hydrogens is 227 g/mol. The van der Waals surface area contributed by atoms with Crippen molar-refractivity contribution < 1.29 is 17.9 Å². The predicted octanol–water partition coefficient (Wildman–Crippen LogP) is 4.15. The van der Waals surface area contributed by atoms with Gasteiger partial charge in [0.25, 0.3) is 0 Å². The van der Waals surface area contributed by atoms with Crippen molar-refractivity contribution >= 4 is 12.4 Å². The molecule has 0 spiro atoms. The molecule has 0 fully saturated rings. The zero-order valence-corrected chi connectivity index (χ0v) is 10.9. The Balaban J connectivity index is 0.000000980. The van der Waals surface area contributed by atoms with Gasteiger partial charge in [-0.15, -0.1) is 12.4 Å². The van der Waals surface area contributed by atoms with E-state index in [1.807, 2.05) is 0 Å². The molecule has 0 radical (unpaired) electrons. The molecule has 0 aliphatic heterocycles. The molecule has 2 rings (SSSR count). The maximum atomic E-state index is 2.36. The molecule has 2 aliphatic carbocycles. The van der Waals surface area contributed by atoms with Gasteiger partial charge in [0.15, 0.2) is 0 Å². The van der Waals surface area contributed by atoms with Gasteiger partial charge in [-0.05, 0) is 0 Å². The Morgan fingerprint density at radius 3 is 1.86 bits per heavy atom. The Bertz CT molecular complexity index is 280. The molecule has 0 saturated heterocycles. The normalized spacial score (nSPS) is 17.8. The van der Waals surface area contributed by atoms with Crippen LogP contribution < -0.4 is 0 Å². The molecule has 2 aliphatic rings. The Kier molecular flexibility index (Phi) is 4.94. The van der Waals surface area contributed by atoms with Gasteiger partial charge < -0.3 is 0 Å². The molecule has 0 nitrogen and oxygen atoms in total. The minimum Gasteiger partial charge on any atom is -0.147 e. The van der Waals surface area contributed by atoms with E-state index in [0.29, 0.717) is 0 Å². The topological polar surface area (TPSA) is 0 Å². The number of allylic oxidation sites excluding steroid dienone is 8. The largest absolute Gasteiger partial charge is 0.147 e. The van der Waals surface area contributed by atoms with E-state index in [0.717, 1.165) is 0 Å². The summed E-state index contributed by atoms with van der Waals surface area (Å²) in [5.74, 6) is 0. The van der Waals surface area contributed by atoms with Crippen LogP contribution in [0.1, 0.15) is 19.8 Å². The third-order valence-electron chi connectivity index (χ3n) is 2.67. The van der Waals surface area contributed by atoms with Crippen LogP contribution in [0, 0.1) is 0 Å². The van der Waals surface area contributed by atoms with Gasteiger partial charge in [0, 0.05) is 0 Å². The number of halogens is 1. The van der Waals surface area contributed by atoms with Crippen LogP contribution in [0.3, 0.4) is 0 Å². The van der Waals surface area contributed by atoms with Crippen LogP contribution in [0.2, 0.25) is 4.73 Å². The average molecular weight is 244 g/mol. The summed E-state index contributed by atoms with van der Waals surface area (Å²) in [6, 6.07) is 0. The van der Waals surface area contributed by atoms with Crippen LogP contribution in [0.15, 0.2) is 44.2 Å². The van der Waals surface area contributed by atoms with E-state index >= 15 is 0 Å². The van der Waals surface area contributed by atoms with Crippen molar-refractivity contribution in [3.05, 3.63) is 44.2 Å². The number of rotatable bonds is 3. The molecule has 75 valence electrons. The summed E-state index contributed by atoms with van der Waals surface area (Å²) in [7, 11) is 0. The van der Waals surface area contributed by atoms with Gasteiger partial charge in [0.1, 0.15) is 0 Å². The molecule has 0 aromatic carbocycles. The van der Waals surface area contributed by atoms with Crippen LogP contribution in [-0.4, -0.2) is 0 Å². The predicted molar refractivity (Wildman–Crippen MR) is 61.4 cm³/mol. The van der Waals surface area contributed by atoms with Crippen molar-refractivity contribution in [1.82, 2.24) is 0 Å². The summed E-state index contributed by atoms with van der Waals surface area (Å²) < 4.78 is 4.93. The third kappa shape index (κ3) is 2.50. The Morgan fingerprint density at radius 2 is 1.57 bits per heavy atom. The van der Waals surface area contributed by atoms with Crippen molar-refractivity contribution in [2.24, 2.45) is 0 Å². The monoisotopic (exact) mass is 243 g/mol. The fourth-order valence-corrected chi connectivity index (χ4v) is 6.13. The van der Waals surface area contributed by atoms with E-state index < -0.39 is 17.9 Å². The minimum absolute atomic E-state index is 0. The van der Waals surface area contributed by atoms with E-state index in [9.17, 15) is 0 Å². The summed E-state index contributed by atoms with van der Waals surface area (Å²) in [6.07, 6.45) is 16.2. The molecule has 0 bridgehead atoms. The summed E-state index contributed by atoms with van der Waals surface area (Å²) in [5, 5.41) is 0. The zero-order chi connectivity index (χ0) is 9.10. The smallest absolute Gasteiger partial charge is 0.147 e. The van der Waals surface area contributed by atoms with Crippen LogP contribution in [0.25, 0.3) is 0 Å². The molecule has 0 amide bonds. The van der Waals surface area contributed by atoms with Crippen molar-refractivity contribution in [2.75, 3.05) is 0 Å². The second-order valence-electron chi connectivity index (χ2n) is 3.48. The average Bonchev–Trinajstić information content (AvgIpc) is 2.76. The van der Waals surface area contributed by atoms with Crippen LogP contribution in [-0.2, 0) is 17.9 Å². The van der Waals surface area contributed by atoms with Gasteiger partial charge >= 0.3 is 86.6 Å². The minimum atomic E-state index is -1.00. The molecule has 0 atom stereocenters. The molecule has 0 unspecified atom stereocenters. The maximum Gasteiger partial charge on any atom is -0.147 e. The molecular formula is C12H16ClTi. The second kappa shape index (κ2) is 5.75. The van der Waals surface area contributed by atoms with Gasteiger partial charge in [-0.3, -0.25) is 0 Å². The fraction of sp³-hybridized carbons (Fsp3) is 0.333. The van der Waals surface area contributed by atoms with E-state index in [1.54, 1.807) is 7.76 Å². The molecule has 0 saturated carbocycles. The van der Waals surface area contributed by atoms with Crippen LogP contribution >= 0.6 is 12.4 Å². The first kappa shape index (κ1) is 12.0.